The first kappa shape index (κ1) is 16.1. The summed E-state index contributed by atoms with van der Waals surface area (Å²) in [5.74, 6) is -0.591. The van der Waals surface area contributed by atoms with Gasteiger partial charge in [-0.25, -0.2) is 4.79 Å². The Labute approximate surface area is 133 Å². The second-order valence-electron chi connectivity index (χ2n) is 4.60. The summed E-state index contributed by atoms with van der Waals surface area (Å²) in [6.07, 6.45) is 2.02. The minimum atomic E-state index is -0.416. The van der Waals surface area contributed by atoms with Crippen LogP contribution < -0.4 is 5.32 Å². The molecule has 0 heterocycles. The molecular formula is C17H17NO3S. The van der Waals surface area contributed by atoms with Gasteiger partial charge in [-0.05, 0) is 48.2 Å². The number of carbonyl (C=O) groups excluding carboxylic acids is 2. The fourth-order valence-corrected chi connectivity index (χ4v) is 2.31. The molecule has 4 nitrogen and oxygen atoms in total. The zero-order chi connectivity index (χ0) is 15.9. The number of nitrogens with one attached hydrogen (secondary N) is 1. The first-order valence-electron chi connectivity index (χ1n) is 6.73. The van der Waals surface area contributed by atoms with Crippen LogP contribution in [0.1, 0.15) is 26.3 Å². The number of ether oxygens (including phenoxy) is 1. The summed E-state index contributed by atoms with van der Waals surface area (Å²) in [5.41, 5.74) is 1.97. The molecule has 0 aliphatic heterocycles. The van der Waals surface area contributed by atoms with Crippen molar-refractivity contribution in [3.8, 4) is 0 Å². The highest BCUT2D eigenvalue weighted by Crippen LogP contribution is 2.14. The average Bonchev–Trinajstić information content (AvgIpc) is 2.59. The Kier molecular flexibility index (Phi) is 5.61. The highest BCUT2D eigenvalue weighted by Gasteiger charge is 2.08. The molecule has 0 spiro atoms. The Bertz CT molecular complexity index is 651. The smallest absolute Gasteiger partial charge is 0.337 e. The van der Waals surface area contributed by atoms with Gasteiger partial charge in [0.2, 0.25) is 0 Å². The van der Waals surface area contributed by atoms with Crippen molar-refractivity contribution in [2.45, 2.75) is 11.4 Å². The maximum absolute atomic E-state index is 12.1. The zero-order valence-corrected chi connectivity index (χ0v) is 13.3. The molecule has 0 fully saturated rings. The van der Waals surface area contributed by atoms with Crippen molar-refractivity contribution in [3.05, 3.63) is 65.2 Å². The molecule has 2 aromatic carbocycles. The van der Waals surface area contributed by atoms with Gasteiger partial charge in [0.05, 0.1) is 12.7 Å². The minimum Gasteiger partial charge on any atom is -0.465 e. The molecule has 5 heteroatoms. The first-order valence-corrected chi connectivity index (χ1v) is 7.96. The number of hydrogen-bond acceptors (Lipinski definition) is 4. The predicted octanol–water partition coefficient (Wildman–Crippen LogP) is 3.13. The molecule has 0 saturated heterocycles. The molecule has 2 aromatic rings. The normalized spacial score (nSPS) is 10.1. The van der Waals surface area contributed by atoms with Crippen molar-refractivity contribution in [2.24, 2.45) is 0 Å². The van der Waals surface area contributed by atoms with E-state index in [-0.39, 0.29) is 5.91 Å². The van der Waals surface area contributed by atoms with E-state index in [1.165, 1.54) is 12.0 Å². The van der Waals surface area contributed by atoms with Crippen LogP contribution in [0, 0.1) is 0 Å². The van der Waals surface area contributed by atoms with Gasteiger partial charge < -0.3 is 10.1 Å². The minimum absolute atomic E-state index is 0.176. The Hall–Kier alpha value is -2.27. The summed E-state index contributed by atoms with van der Waals surface area (Å²) < 4.78 is 4.62. The third-order valence-electron chi connectivity index (χ3n) is 3.18. The molecular weight excluding hydrogens is 298 g/mol. The van der Waals surface area contributed by atoms with E-state index in [9.17, 15) is 9.59 Å². The molecule has 114 valence electrons. The molecule has 1 N–H and O–H groups in total. The van der Waals surface area contributed by atoms with Gasteiger partial charge in [-0.15, -0.1) is 11.8 Å². The van der Waals surface area contributed by atoms with Gasteiger partial charge in [0.1, 0.15) is 0 Å². The van der Waals surface area contributed by atoms with E-state index in [1.807, 2.05) is 30.5 Å². The van der Waals surface area contributed by atoms with Crippen molar-refractivity contribution in [1.29, 1.82) is 0 Å². The number of methoxy groups -OCH3 is 1. The maximum atomic E-state index is 12.1. The van der Waals surface area contributed by atoms with E-state index in [1.54, 1.807) is 36.0 Å². The van der Waals surface area contributed by atoms with Crippen LogP contribution in [0.2, 0.25) is 0 Å². The zero-order valence-electron chi connectivity index (χ0n) is 12.5. The molecule has 0 aliphatic rings. The highest BCUT2D eigenvalue weighted by molar-refractivity contribution is 7.98. The SMILES string of the molecule is COC(=O)c1ccc(C(=O)NCc2ccc(SC)cc2)cc1. The number of esters is 1. The molecule has 0 bridgehead atoms. The second-order valence-corrected chi connectivity index (χ2v) is 5.48. The van der Waals surface area contributed by atoms with Crippen LogP contribution in [-0.4, -0.2) is 25.2 Å². The van der Waals surface area contributed by atoms with Gasteiger partial charge in [0, 0.05) is 17.0 Å². The van der Waals surface area contributed by atoms with Crippen LogP contribution in [0.3, 0.4) is 0 Å². The quantitative estimate of drug-likeness (QED) is 0.680. The van der Waals surface area contributed by atoms with E-state index in [0.717, 1.165) is 5.56 Å². The molecule has 0 saturated carbocycles. The molecule has 2 rings (SSSR count). The highest BCUT2D eigenvalue weighted by atomic mass is 32.2. The maximum Gasteiger partial charge on any atom is 0.337 e. The monoisotopic (exact) mass is 315 g/mol. The van der Waals surface area contributed by atoms with Crippen molar-refractivity contribution >= 4 is 23.6 Å². The van der Waals surface area contributed by atoms with Crippen LogP contribution in [0.5, 0.6) is 0 Å². The topological polar surface area (TPSA) is 55.4 Å². The number of carbonyl (C=O) groups is 2. The van der Waals surface area contributed by atoms with Crippen LogP contribution in [0.15, 0.2) is 53.4 Å². The van der Waals surface area contributed by atoms with E-state index in [2.05, 4.69) is 10.1 Å². The molecule has 0 aromatic heterocycles. The number of rotatable bonds is 5. The van der Waals surface area contributed by atoms with Crippen LogP contribution in [-0.2, 0) is 11.3 Å². The predicted molar refractivity (Wildman–Crippen MR) is 87.2 cm³/mol. The largest absolute Gasteiger partial charge is 0.465 e. The summed E-state index contributed by atoms with van der Waals surface area (Å²) in [4.78, 5) is 24.6. The van der Waals surface area contributed by atoms with Crippen molar-refractivity contribution in [3.63, 3.8) is 0 Å². The van der Waals surface area contributed by atoms with Crippen molar-refractivity contribution in [2.75, 3.05) is 13.4 Å². The van der Waals surface area contributed by atoms with E-state index >= 15 is 0 Å². The van der Waals surface area contributed by atoms with Gasteiger partial charge in [-0.2, -0.15) is 0 Å². The molecule has 0 aliphatic carbocycles. The first-order chi connectivity index (χ1) is 10.6. The lowest BCUT2D eigenvalue weighted by Crippen LogP contribution is -2.22. The summed E-state index contributed by atoms with van der Waals surface area (Å²) in [6, 6.07) is 14.4. The van der Waals surface area contributed by atoms with E-state index < -0.39 is 5.97 Å². The summed E-state index contributed by atoms with van der Waals surface area (Å²) >= 11 is 1.68. The fraction of sp³-hybridized carbons (Fsp3) is 0.176. The van der Waals surface area contributed by atoms with Gasteiger partial charge in [-0.1, -0.05) is 12.1 Å². The average molecular weight is 315 g/mol. The molecule has 0 radical (unpaired) electrons. The third kappa shape index (κ3) is 4.11. The van der Waals surface area contributed by atoms with E-state index in [0.29, 0.717) is 17.7 Å². The van der Waals surface area contributed by atoms with E-state index in [4.69, 9.17) is 0 Å². The number of amides is 1. The van der Waals surface area contributed by atoms with Crippen LogP contribution in [0.4, 0.5) is 0 Å². The third-order valence-corrected chi connectivity index (χ3v) is 3.92. The lowest BCUT2D eigenvalue weighted by atomic mass is 10.1. The number of benzene rings is 2. The van der Waals surface area contributed by atoms with Gasteiger partial charge in [0.25, 0.3) is 5.91 Å². The number of hydrogen-bond donors (Lipinski definition) is 1. The molecule has 1 amide bonds. The Morgan fingerprint density at radius 2 is 1.59 bits per heavy atom. The van der Waals surface area contributed by atoms with Crippen molar-refractivity contribution < 1.29 is 14.3 Å². The Morgan fingerprint density at radius 3 is 2.14 bits per heavy atom. The van der Waals surface area contributed by atoms with Gasteiger partial charge in [-0.3, -0.25) is 4.79 Å². The number of thioether (sulfide) groups is 1. The lowest BCUT2D eigenvalue weighted by Gasteiger charge is -2.07. The summed E-state index contributed by atoms with van der Waals surface area (Å²) in [5, 5.41) is 2.85. The molecule has 0 unspecified atom stereocenters. The Morgan fingerprint density at radius 1 is 1.00 bits per heavy atom. The summed E-state index contributed by atoms with van der Waals surface area (Å²) in [6.45, 7) is 0.465. The fourth-order valence-electron chi connectivity index (χ4n) is 1.90. The van der Waals surface area contributed by atoms with Gasteiger partial charge >= 0.3 is 5.97 Å². The van der Waals surface area contributed by atoms with Crippen LogP contribution in [0.25, 0.3) is 0 Å². The van der Waals surface area contributed by atoms with Crippen LogP contribution >= 0.6 is 11.8 Å². The molecule has 0 atom stereocenters. The lowest BCUT2D eigenvalue weighted by molar-refractivity contribution is 0.0600. The standard InChI is InChI=1S/C17H17NO3S/c1-21-17(20)14-7-5-13(6-8-14)16(19)18-11-12-3-9-15(22-2)10-4-12/h3-10H,11H2,1-2H3,(H,18,19). The van der Waals surface area contributed by atoms with Gasteiger partial charge in [0.15, 0.2) is 0 Å². The Balaban J connectivity index is 1.95. The summed E-state index contributed by atoms with van der Waals surface area (Å²) in [7, 11) is 1.32. The molecule has 22 heavy (non-hydrogen) atoms. The van der Waals surface area contributed by atoms with Crippen molar-refractivity contribution in [1.82, 2.24) is 5.32 Å². The second kappa shape index (κ2) is 7.66.